The highest BCUT2D eigenvalue weighted by Gasteiger charge is 2.13. The van der Waals surface area contributed by atoms with E-state index in [9.17, 15) is 13.2 Å². The SMILES string of the molecule is CC=C(CS(=O)(=O)O)C(=O)O. The molecule has 6 heteroatoms. The van der Waals surface area contributed by atoms with Crippen LogP contribution in [-0.4, -0.2) is 29.8 Å². The summed E-state index contributed by atoms with van der Waals surface area (Å²) in [6.45, 7) is 1.38. The van der Waals surface area contributed by atoms with Crippen LogP contribution in [0.5, 0.6) is 0 Å². The lowest BCUT2D eigenvalue weighted by Gasteiger charge is -1.96. The molecule has 0 saturated heterocycles. The van der Waals surface area contributed by atoms with Gasteiger partial charge in [0, 0.05) is 0 Å². The number of allylic oxidation sites excluding steroid dienone is 1. The standard InChI is InChI=1S/C5H8O5S/c1-2-4(5(6)7)3-11(8,9)10/h2H,3H2,1H3,(H,6,7)(H,8,9,10). The second kappa shape index (κ2) is 3.49. The van der Waals surface area contributed by atoms with Gasteiger partial charge in [0.05, 0.1) is 5.57 Å². The molecule has 0 aliphatic heterocycles. The highest BCUT2D eigenvalue weighted by molar-refractivity contribution is 7.86. The van der Waals surface area contributed by atoms with E-state index in [0.717, 1.165) is 6.08 Å². The maximum Gasteiger partial charge on any atom is 0.332 e. The molecule has 5 nitrogen and oxygen atoms in total. The molecular formula is C5H8O5S. The molecule has 0 fully saturated rings. The van der Waals surface area contributed by atoms with Crippen LogP contribution < -0.4 is 0 Å². The summed E-state index contributed by atoms with van der Waals surface area (Å²) in [5.74, 6) is -2.19. The van der Waals surface area contributed by atoms with Crippen molar-refractivity contribution in [3.8, 4) is 0 Å². The van der Waals surface area contributed by atoms with E-state index in [1.165, 1.54) is 6.92 Å². The molecule has 0 unspecified atom stereocenters. The first-order chi connectivity index (χ1) is 4.87. The average molecular weight is 180 g/mol. The highest BCUT2D eigenvalue weighted by Crippen LogP contribution is 1.98. The lowest BCUT2D eigenvalue weighted by molar-refractivity contribution is -0.132. The number of hydrogen-bond donors (Lipinski definition) is 2. The predicted molar refractivity (Wildman–Crippen MR) is 37.8 cm³/mol. The van der Waals surface area contributed by atoms with Crippen molar-refractivity contribution in [3.63, 3.8) is 0 Å². The van der Waals surface area contributed by atoms with Gasteiger partial charge < -0.3 is 5.11 Å². The van der Waals surface area contributed by atoms with Crippen molar-refractivity contribution >= 4 is 16.1 Å². The molecule has 0 radical (unpaired) electrons. The van der Waals surface area contributed by atoms with Gasteiger partial charge in [-0.2, -0.15) is 8.42 Å². The van der Waals surface area contributed by atoms with Crippen molar-refractivity contribution in [2.45, 2.75) is 6.92 Å². The summed E-state index contributed by atoms with van der Waals surface area (Å²) >= 11 is 0. The Hall–Kier alpha value is -0.880. The Balaban J connectivity index is 4.50. The molecule has 0 aliphatic carbocycles. The monoisotopic (exact) mass is 180 g/mol. The summed E-state index contributed by atoms with van der Waals surface area (Å²) in [5.41, 5.74) is -0.340. The van der Waals surface area contributed by atoms with Crippen molar-refractivity contribution in [2.24, 2.45) is 0 Å². The summed E-state index contributed by atoms with van der Waals surface area (Å²) in [6, 6.07) is 0. The normalized spacial score (nSPS) is 13.1. The largest absolute Gasteiger partial charge is 0.478 e. The van der Waals surface area contributed by atoms with Crippen LogP contribution in [0.25, 0.3) is 0 Å². The summed E-state index contributed by atoms with van der Waals surface area (Å²) in [7, 11) is -4.23. The third-order valence-corrected chi connectivity index (χ3v) is 1.64. The van der Waals surface area contributed by atoms with E-state index in [1.807, 2.05) is 0 Å². The summed E-state index contributed by atoms with van der Waals surface area (Å²) in [6.07, 6.45) is 1.12. The topological polar surface area (TPSA) is 91.7 Å². The summed E-state index contributed by atoms with van der Waals surface area (Å²) < 4.78 is 28.5. The number of rotatable bonds is 3. The van der Waals surface area contributed by atoms with Crippen molar-refractivity contribution in [1.82, 2.24) is 0 Å². The van der Waals surface area contributed by atoms with E-state index in [2.05, 4.69) is 0 Å². The Morgan fingerprint density at radius 2 is 2.00 bits per heavy atom. The van der Waals surface area contributed by atoms with Gasteiger partial charge in [0.25, 0.3) is 10.1 Å². The molecule has 0 spiro atoms. The highest BCUT2D eigenvalue weighted by atomic mass is 32.2. The van der Waals surface area contributed by atoms with Crippen LogP contribution >= 0.6 is 0 Å². The van der Waals surface area contributed by atoms with E-state index in [1.54, 1.807) is 0 Å². The molecule has 64 valence electrons. The number of carbonyl (C=O) groups is 1. The van der Waals surface area contributed by atoms with E-state index in [4.69, 9.17) is 9.66 Å². The molecule has 0 saturated carbocycles. The Labute approximate surface area is 64.1 Å². The number of aliphatic carboxylic acids is 1. The molecule has 0 heterocycles. The third-order valence-electron chi connectivity index (χ3n) is 0.961. The maximum absolute atomic E-state index is 10.2. The van der Waals surface area contributed by atoms with Crippen LogP contribution in [0.15, 0.2) is 11.6 Å². The number of hydrogen-bond acceptors (Lipinski definition) is 3. The maximum atomic E-state index is 10.2. The Morgan fingerprint density at radius 1 is 1.55 bits per heavy atom. The first kappa shape index (κ1) is 10.1. The van der Waals surface area contributed by atoms with Crippen molar-refractivity contribution < 1.29 is 22.9 Å². The van der Waals surface area contributed by atoms with Crippen LogP contribution in [0.1, 0.15) is 6.92 Å². The van der Waals surface area contributed by atoms with Crippen LogP contribution in [0.2, 0.25) is 0 Å². The lowest BCUT2D eigenvalue weighted by Crippen LogP contribution is -2.13. The molecule has 0 aromatic rings. The molecule has 0 aromatic heterocycles. The number of carboxylic acid groups (broad SMARTS) is 1. The van der Waals surface area contributed by atoms with Crippen molar-refractivity contribution in [3.05, 3.63) is 11.6 Å². The van der Waals surface area contributed by atoms with Crippen molar-refractivity contribution in [2.75, 3.05) is 5.75 Å². The van der Waals surface area contributed by atoms with Crippen molar-refractivity contribution in [1.29, 1.82) is 0 Å². The van der Waals surface area contributed by atoms with E-state index < -0.39 is 21.8 Å². The van der Waals surface area contributed by atoms with Gasteiger partial charge in [-0.05, 0) is 6.92 Å². The van der Waals surface area contributed by atoms with E-state index >= 15 is 0 Å². The van der Waals surface area contributed by atoms with Gasteiger partial charge in [0.1, 0.15) is 5.75 Å². The second-order valence-electron chi connectivity index (χ2n) is 1.85. The van der Waals surface area contributed by atoms with Gasteiger partial charge in [0.2, 0.25) is 0 Å². The van der Waals surface area contributed by atoms with Gasteiger partial charge in [-0.1, -0.05) is 6.08 Å². The Morgan fingerprint density at radius 3 is 2.09 bits per heavy atom. The summed E-state index contributed by atoms with van der Waals surface area (Å²) in [5, 5.41) is 8.29. The minimum absolute atomic E-state index is 0.340. The fourth-order valence-electron chi connectivity index (χ4n) is 0.465. The molecule has 0 aromatic carbocycles. The first-order valence-corrected chi connectivity index (χ1v) is 4.31. The average Bonchev–Trinajstić information content (AvgIpc) is 1.80. The molecule has 0 atom stereocenters. The molecule has 0 bridgehead atoms. The third kappa shape index (κ3) is 4.51. The van der Waals surface area contributed by atoms with Gasteiger partial charge in [0.15, 0.2) is 0 Å². The zero-order valence-corrected chi connectivity index (χ0v) is 6.63. The minimum atomic E-state index is -4.23. The second-order valence-corrected chi connectivity index (χ2v) is 3.30. The summed E-state index contributed by atoms with van der Waals surface area (Å²) in [4.78, 5) is 10.2. The van der Waals surface area contributed by atoms with Gasteiger partial charge in [-0.3, -0.25) is 4.55 Å². The molecule has 0 rings (SSSR count). The lowest BCUT2D eigenvalue weighted by atomic mass is 10.3. The van der Waals surface area contributed by atoms with Crippen LogP contribution in [0, 0.1) is 0 Å². The predicted octanol–water partition coefficient (Wildman–Crippen LogP) is -0.0949. The molecule has 0 aliphatic rings. The fourth-order valence-corrected chi connectivity index (χ4v) is 1.15. The quantitative estimate of drug-likeness (QED) is 0.467. The first-order valence-electron chi connectivity index (χ1n) is 2.70. The minimum Gasteiger partial charge on any atom is -0.478 e. The van der Waals surface area contributed by atoms with Gasteiger partial charge in [-0.25, -0.2) is 4.79 Å². The zero-order chi connectivity index (χ0) is 9.07. The van der Waals surface area contributed by atoms with E-state index in [-0.39, 0.29) is 5.57 Å². The van der Waals surface area contributed by atoms with Gasteiger partial charge >= 0.3 is 5.97 Å². The number of carboxylic acids is 1. The molecule has 0 amide bonds. The van der Waals surface area contributed by atoms with Crippen LogP contribution in [0.4, 0.5) is 0 Å². The Bertz CT molecular complexity index is 273. The van der Waals surface area contributed by atoms with Crippen LogP contribution in [0.3, 0.4) is 0 Å². The van der Waals surface area contributed by atoms with Crippen LogP contribution in [-0.2, 0) is 14.9 Å². The molecular weight excluding hydrogens is 172 g/mol. The fraction of sp³-hybridized carbons (Fsp3) is 0.400. The zero-order valence-electron chi connectivity index (χ0n) is 5.81. The van der Waals surface area contributed by atoms with Gasteiger partial charge in [-0.15, -0.1) is 0 Å². The molecule has 2 N–H and O–H groups in total. The smallest absolute Gasteiger partial charge is 0.332 e. The molecule has 11 heavy (non-hydrogen) atoms. The van der Waals surface area contributed by atoms with E-state index in [0.29, 0.717) is 0 Å². The Kier molecular flexibility index (Phi) is 3.21.